The molecule has 0 radical (unpaired) electrons. The predicted octanol–water partition coefficient (Wildman–Crippen LogP) is 5.48. The molecule has 1 amide bonds. The number of ketones is 1. The molecule has 0 heterocycles. The largest absolute Gasteiger partial charge is 0.456 e. The smallest absolute Gasteiger partial charge is 0.416 e. The number of carbonyl (C=O) groups is 2. The molecule has 30 heavy (non-hydrogen) atoms. The van der Waals surface area contributed by atoms with Crippen LogP contribution in [0.15, 0.2) is 59.8 Å². The van der Waals surface area contributed by atoms with Crippen LogP contribution < -0.4 is 10.1 Å². The second-order valence-corrected chi connectivity index (χ2v) is 6.91. The first kappa shape index (κ1) is 21.3. The van der Waals surface area contributed by atoms with Crippen molar-refractivity contribution in [2.75, 3.05) is 0 Å². The van der Waals surface area contributed by atoms with Crippen LogP contribution in [-0.2, 0) is 11.0 Å². The van der Waals surface area contributed by atoms with E-state index < -0.39 is 23.5 Å². The minimum atomic E-state index is -4.67. The highest BCUT2D eigenvalue weighted by molar-refractivity contribution is 6.00. The summed E-state index contributed by atoms with van der Waals surface area (Å²) in [6, 6.07) is 6.15. The Kier molecular flexibility index (Phi) is 5.78. The number of nitrogens with one attached hydrogen (secondary N) is 1. The number of amides is 1. The van der Waals surface area contributed by atoms with Crippen molar-refractivity contribution < 1.29 is 31.9 Å². The first-order chi connectivity index (χ1) is 14.0. The van der Waals surface area contributed by atoms with E-state index in [0.29, 0.717) is 17.2 Å². The summed E-state index contributed by atoms with van der Waals surface area (Å²) in [6.45, 7) is 3.27. The van der Waals surface area contributed by atoms with Crippen molar-refractivity contribution in [3.8, 4) is 11.5 Å². The van der Waals surface area contributed by atoms with E-state index in [1.165, 1.54) is 18.2 Å². The fourth-order valence-corrected chi connectivity index (χ4v) is 2.95. The van der Waals surface area contributed by atoms with E-state index in [1.54, 1.807) is 19.9 Å². The van der Waals surface area contributed by atoms with Gasteiger partial charge in [-0.1, -0.05) is 5.57 Å². The van der Waals surface area contributed by atoms with Crippen LogP contribution >= 0.6 is 0 Å². The van der Waals surface area contributed by atoms with E-state index in [2.05, 4.69) is 5.32 Å². The minimum absolute atomic E-state index is 0.140. The van der Waals surface area contributed by atoms with Crippen molar-refractivity contribution in [2.45, 2.75) is 26.4 Å². The Morgan fingerprint density at radius 1 is 1.03 bits per heavy atom. The number of rotatable bonds is 4. The van der Waals surface area contributed by atoms with Gasteiger partial charge in [-0.25, -0.2) is 4.39 Å². The third-order valence-electron chi connectivity index (χ3n) is 4.34. The van der Waals surface area contributed by atoms with Gasteiger partial charge >= 0.3 is 6.18 Å². The molecule has 2 aromatic carbocycles. The second-order valence-electron chi connectivity index (χ2n) is 6.91. The van der Waals surface area contributed by atoms with Gasteiger partial charge in [0.1, 0.15) is 17.3 Å². The van der Waals surface area contributed by atoms with Crippen molar-refractivity contribution in [3.05, 3.63) is 82.3 Å². The van der Waals surface area contributed by atoms with Gasteiger partial charge in [0.25, 0.3) is 5.91 Å². The van der Waals surface area contributed by atoms with E-state index in [-0.39, 0.29) is 35.0 Å². The number of halogens is 4. The molecule has 1 N–H and O–H groups in total. The highest BCUT2D eigenvalue weighted by Crippen LogP contribution is 2.35. The van der Waals surface area contributed by atoms with E-state index in [4.69, 9.17) is 4.74 Å². The average molecular weight is 419 g/mol. The third-order valence-corrected chi connectivity index (χ3v) is 4.34. The van der Waals surface area contributed by atoms with Gasteiger partial charge in [-0.05, 0) is 61.9 Å². The molecule has 0 saturated carbocycles. The molecule has 0 aliphatic heterocycles. The minimum Gasteiger partial charge on any atom is -0.456 e. The number of alkyl halides is 3. The molecule has 0 bridgehead atoms. The maximum Gasteiger partial charge on any atom is 0.416 e. The SMILES string of the molecule is CC1=CC(NC(=O)c2cc(C(F)(F)F)ccc2Oc2ccc(F)cc2C)=CC(=O)C1. The van der Waals surface area contributed by atoms with Crippen molar-refractivity contribution in [1.29, 1.82) is 0 Å². The monoisotopic (exact) mass is 419 g/mol. The summed E-state index contributed by atoms with van der Waals surface area (Å²) < 4.78 is 58.5. The number of aryl methyl sites for hydroxylation is 1. The summed E-state index contributed by atoms with van der Waals surface area (Å²) in [6.07, 6.45) is -1.68. The summed E-state index contributed by atoms with van der Waals surface area (Å²) >= 11 is 0. The summed E-state index contributed by atoms with van der Waals surface area (Å²) in [5, 5.41) is 2.44. The van der Waals surface area contributed by atoms with Gasteiger partial charge in [-0.3, -0.25) is 9.59 Å². The van der Waals surface area contributed by atoms with Gasteiger partial charge < -0.3 is 10.1 Å². The van der Waals surface area contributed by atoms with Crippen LogP contribution in [0.1, 0.15) is 34.8 Å². The molecular weight excluding hydrogens is 402 g/mol. The fraction of sp³-hybridized carbons (Fsp3) is 0.182. The molecule has 1 aliphatic rings. The second kappa shape index (κ2) is 8.14. The first-order valence-electron chi connectivity index (χ1n) is 8.91. The lowest BCUT2D eigenvalue weighted by Gasteiger charge is -2.17. The number of hydrogen-bond acceptors (Lipinski definition) is 3. The van der Waals surface area contributed by atoms with Crippen LogP contribution in [0.4, 0.5) is 17.6 Å². The van der Waals surface area contributed by atoms with Crippen molar-refractivity contribution in [3.63, 3.8) is 0 Å². The van der Waals surface area contributed by atoms with Crippen molar-refractivity contribution >= 4 is 11.7 Å². The lowest BCUT2D eigenvalue weighted by molar-refractivity contribution is -0.137. The molecule has 8 heteroatoms. The highest BCUT2D eigenvalue weighted by atomic mass is 19.4. The summed E-state index contributed by atoms with van der Waals surface area (Å²) in [4.78, 5) is 24.4. The van der Waals surface area contributed by atoms with E-state index in [9.17, 15) is 27.2 Å². The zero-order valence-electron chi connectivity index (χ0n) is 16.1. The molecule has 0 atom stereocenters. The topological polar surface area (TPSA) is 55.4 Å². The fourth-order valence-electron chi connectivity index (χ4n) is 2.95. The molecule has 2 aromatic rings. The van der Waals surface area contributed by atoms with E-state index >= 15 is 0 Å². The molecule has 3 rings (SSSR count). The van der Waals surface area contributed by atoms with Crippen LogP contribution in [0.2, 0.25) is 0 Å². The summed E-state index contributed by atoms with van der Waals surface area (Å²) in [5.74, 6) is -1.55. The Morgan fingerprint density at radius 3 is 2.37 bits per heavy atom. The van der Waals surface area contributed by atoms with Crippen LogP contribution in [-0.4, -0.2) is 11.7 Å². The molecule has 0 spiro atoms. The summed E-state index contributed by atoms with van der Waals surface area (Å²) in [5.41, 5.74) is -0.120. The number of allylic oxidation sites excluding steroid dienone is 3. The lowest BCUT2D eigenvalue weighted by Crippen LogP contribution is -2.25. The first-order valence-corrected chi connectivity index (χ1v) is 8.91. The number of hydrogen-bond donors (Lipinski definition) is 1. The Bertz CT molecular complexity index is 1080. The molecular formula is C22H17F4NO3. The van der Waals surface area contributed by atoms with Crippen molar-refractivity contribution in [2.24, 2.45) is 0 Å². The van der Waals surface area contributed by atoms with Gasteiger partial charge in [0.15, 0.2) is 5.78 Å². The summed E-state index contributed by atoms with van der Waals surface area (Å²) in [7, 11) is 0. The lowest BCUT2D eigenvalue weighted by atomic mass is 10.0. The Hall–Kier alpha value is -3.42. The van der Waals surface area contributed by atoms with Crippen molar-refractivity contribution in [1.82, 2.24) is 5.32 Å². The molecule has 0 aromatic heterocycles. The van der Waals surface area contributed by atoms with Crippen LogP contribution in [0, 0.1) is 12.7 Å². The van der Waals surface area contributed by atoms with Crippen LogP contribution in [0.25, 0.3) is 0 Å². The molecule has 0 fully saturated rings. The molecule has 0 saturated heterocycles. The maximum atomic E-state index is 13.3. The van der Waals surface area contributed by atoms with Crippen LogP contribution in [0.5, 0.6) is 11.5 Å². The number of benzene rings is 2. The average Bonchev–Trinajstić information content (AvgIpc) is 2.62. The Morgan fingerprint density at radius 2 is 1.73 bits per heavy atom. The normalized spacial score (nSPS) is 14.1. The third kappa shape index (κ3) is 4.94. The van der Waals surface area contributed by atoms with Gasteiger partial charge in [0.2, 0.25) is 0 Å². The molecule has 0 unspecified atom stereocenters. The maximum absolute atomic E-state index is 13.3. The van der Waals surface area contributed by atoms with Gasteiger partial charge in [0.05, 0.1) is 11.1 Å². The number of ether oxygens (including phenoxy) is 1. The van der Waals surface area contributed by atoms with Gasteiger partial charge in [-0.2, -0.15) is 13.2 Å². The zero-order chi connectivity index (χ0) is 22.1. The predicted molar refractivity (Wildman–Crippen MR) is 102 cm³/mol. The van der Waals surface area contributed by atoms with Gasteiger partial charge in [-0.15, -0.1) is 0 Å². The van der Waals surface area contributed by atoms with E-state index in [0.717, 1.165) is 18.2 Å². The van der Waals surface area contributed by atoms with Gasteiger partial charge in [0, 0.05) is 18.2 Å². The highest BCUT2D eigenvalue weighted by Gasteiger charge is 2.32. The Labute approximate surface area is 169 Å². The number of carbonyl (C=O) groups excluding carboxylic acids is 2. The molecule has 4 nitrogen and oxygen atoms in total. The Balaban J connectivity index is 1.99. The zero-order valence-corrected chi connectivity index (χ0v) is 16.1. The van der Waals surface area contributed by atoms with E-state index in [1.807, 2.05) is 0 Å². The standard InChI is InChI=1S/C22H17F4NO3/c1-12-7-16(11-17(28)8-12)27-21(29)18-10-14(22(24,25)26)3-5-20(18)30-19-6-4-15(23)9-13(19)2/h3-7,9-11H,8H2,1-2H3,(H,27,29). The van der Waals surface area contributed by atoms with Crippen LogP contribution in [0.3, 0.4) is 0 Å². The quantitative estimate of drug-likeness (QED) is 0.668. The molecule has 156 valence electrons. The molecule has 1 aliphatic carbocycles.